The van der Waals surface area contributed by atoms with E-state index >= 15 is 0 Å². The molecule has 9 heteroatoms. The van der Waals surface area contributed by atoms with Crippen LogP contribution in [0.5, 0.6) is 11.5 Å². The van der Waals surface area contributed by atoms with Crippen molar-refractivity contribution in [3.63, 3.8) is 0 Å². The van der Waals surface area contributed by atoms with E-state index in [2.05, 4.69) is 34.6 Å². The van der Waals surface area contributed by atoms with Crippen molar-refractivity contribution < 1.29 is 18.8 Å². The molecule has 0 radical (unpaired) electrons. The Hall–Kier alpha value is -3.85. The summed E-state index contributed by atoms with van der Waals surface area (Å²) in [4.78, 5) is 19.3. The van der Waals surface area contributed by atoms with Crippen LogP contribution >= 0.6 is 0 Å². The average molecular weight is 447 g/mol. The molecule has 0 saturated carbocycles. The van der Waals surface area contributed by atoms with Crippen LogP contribution in [0.2, 0.25) is 0 Å². The van der Waals surface area contributed by atoms with Crippen LogP contribution in [-0.4, -0.2) is 46.2 Å². The Labute approximate surface area is 191 Å². The van der Waals surface area contributed by atoms with Gasteiger partial charge in [-0.1, -0.05) is 29.4 Å². The third-order valence-electron chi connectivity index (χ3n) is 6.06. The lowest BCUT2D eigenvalue weighted by Crippen LogP contribution is -2.47. The van der Waals surface area contributed by atoms with Crippen molar-refractivity contribution in [3.8, 4) is 22.9 Å². The Bertz CT molecular complexity index is 1210. The molecule has 1 amide bonds. The van der Waals surface area contributed by atoms with Gasteiger partial charge in [0.25, 0.3) is 5.91 Å². The summed E-state index contributed by atoms with van der Waals surface area (Å²) in [5, 5.41) is 5.96. The van der Waals surface area contributed by atoms with Gasteiger partial charge in [0.1, 0.15) is 24.1 Å². The van der Waals surface area contributed by atoms with Gasteiger partial charge in [-0.05, 0) is 36.6 Å². The summed E-state index contributed by atoms with van der Waals surface area (Å²) in [6.07, 6.45) is 4.31. The van der Waals surface area contributed by atoms with Crippen molar-refractivity contribution in [2.24, 2.45) is 0 Å². The van der Waals surface area contributed by atoms with Crippen molar-refractivity contribution in [3.05, 3.63) is 71.9 Å². The minimum atomic E-state index is -0.288. The van der Waals surface area contributed by atoms with Gasteiger partial charge in [0.15, 0.2) is 0 Å². The molecule has 2 aromatic carbocycles. The smallest absolute Gasteiger partial charge is 0.251 e. The number of carbonyl (C=O) groups excluding carboxylic acids is 1. The third kappa shape index (κ3) is 3.91. The second-order valence-electron chi connectivity index (χ2n) is 8.04. The van der Waals surface area contributed by atoms with Gasteiger partial charge in [-0.15, -0.1) is 0 Å². The predicted molar refractivity (Wildman–Crippen MR) is 120 cm³/mol. The zero-order valence-corrected chi connectivity index (χ0v) is 18.7. The van der Waals surface area contributed by atoms with Gasteiger partial charge in [-0.2, -0.15) is 4.98 Å². The fourth-order valence-electron chi connectivity index (χ4n) is 4.31. The first-order valence-electron chi connectivity index (χ1n) is 10.7. The van der Waals surface area contributed by atoms with E-state index in [4.69, 9.17) is 14.0 Å². The number of hydrogen-bond acceptors (Lipinski definition) is 8. The van der Waals surface area contributed by atoms with Crippen molar-refractivity contribution in [2.75, 3.05) is 14.2 Å². The molecule has 33 heavy (non-hydrogen) atoms. The van der Waals surface area contributed by atoms with E-state index in [9.17, 15) is 4.79 Å². The van der Waals surface area contributed by atoms with Crippen LogP contribution in [0.1, 0.15) is 29.5 Å². The molecule has 2 aliphatic rings. The SMILES string of the molecule is COc1ccc(-c2noc(CN3C=CN4NC(c5ccccc5C)CC4C3=O)n2)c(OC)c1. The Morgan fingerprint density at radius 1 is 1.15 bits per heavy atom. The van der Waals surface area contributed by atoms with Gasteiger partial charge in [-0.25, -0.2) is 5.43 Å². The van der Waals surface area contributed by atoms with Crippen LogP contribution in [0, 0.1) is 6.92 Å². The van der Waals surface area contributed by atoms with Crippen LogP contribution in [0.3, 0.4) is 0 Å². The normalized spacial score (nSPS) is 19.7. The molecule has 2 atom stereocenters. The first-order chi connectivity index (χ1) is 16.1. The highest BCUT2D eigenvalue weighted by Gasteiger charge is 2.40. The molecule has 0 aliphatic carbocycles. The number of amides is 1. The van der Waals surface area contributed by atoms with Crippen molar-refractivity contribution in [1.29, 1.82) is 0 Å². The molecule has 2 unspecified atom stereocenters. The number of aryl methyl sites for hydroxylation is 1. The molecule has 3 heterocycles. The van der Waals surface area contributed by atoms with Gasteiger partial charge in [0.2, 0.25) is 11.7 Å². The molecule has 1 saturated heterocycles. The van der Waals surface area contributed by atoms with Crippen molar-refractivity contribution in [2.45, 2.75) is 32.0 Å². The Morgan fingerprint density at radius 3 is 2.79 bits per heavy atom. The molecule has 9 nitrogen and oxygen atoms in total. The summed E-state index contributed by atoms with van der Waals surface area (Å²) in [5.74, 6) is 1.97. The Morgan fingerprint density at radius 2 is 2.00 bits per heavy atom. The maximum absolute atomic E-state index is 13.2. The van der Waals surface area contributed by atoms with E-state index in [1.54, 1.807) is 37.5 Å². The number of hydrogen-bond donors (Lipinski definition) is 1. The highest BCUT2D eigenvalue weighted by Crippen LogP contribution is 2.34. The number of aromatic nitrogens is 2. The van der Waals surface area contributed by atoms with Gasteiger partial charge >= 0.3 is 0 Å². The number of rotatable bonds is 6. The topological polar surface area (TPSA) is 93.0 Å². The summed E-state index contributed by atoms with van der Waals surface area (Å²) in [6, 6.07) is 13.4. The van der Waals surface area contributed by atoms with Gasteiger partial charge < -0.3 is 23.9 Å². The summed E-state index contributed by atoms with van der Waals surface area (Å²) < 4.78 is 16.1. The van der Waals surface area contributed by atoms with Crippen molar-refractivity contribution >= 4 is 5.91 Å². The van der Waals surface area contributed by atoms with Gasteiger partial charge in [0, 0.05) is 18.5 Å². The highest BCUT2D eigenvalue weighted by molar-refractivity contribution is 5.84. The number of nitrogens with one attached hydrogen (secondary N) is 1. The van der Waals surface area contributed by atoms with E-state index in [-0.39, 0.29) is 24.5 Å². The molecule has 5 rings (SSSR count). The van der Waals surface area contributed by atoms with E-state index in [1.807, 2.05) is 29.4 Å². The molecule has 3 aromatic rings. The number of nitrogens with zero attached hydrogens (tertiary/aromatic N) is 4. The fraction of sp³-hybridized carbons (Fsp3) is 0.292. The lowest BCUT2D eigenvalue weighted by Gasteiger charge is -2.30. The van der Waals surface area contributed by atoms with Gasteiger partial charge in [-0.3, -0.25) is 4.79 Å². The first kappa shape index (κ1) is 21.0. The molecule has 1 fully saturated rings. The van der Waals surface area contributed by atoms with E-state index < -0.39 is 0 Å². The maximum Gasteiger partial charge on any atom is 0.251 e. The average Bonchev–Trinajstić information content (AvgIpc) is 3.48. The number of fused-ring (bicyclic) bond motifs is 1. The quantitative estimate of drug-likeness (QED) is 0.616. The monoisotopic (exact) mass is 447 g/mol. The number of benzene rings is 2. The molecular weight excluding hydrogens is 422 g/mol. The van der Waals surface area contributed by atoms with Crippen LogP contribution in [0.25, 0.3) is 11.4 Å². The summed E-state index contributed by atoms with van der Waals surface area (Å²) in [6.45, 7) is 2.28. The van der Waals surface area contributed by atoms with Crippen molar-refractivity contribution in [1.82, 2.24) is 25.5 Å². The number of hydrazine groups is 1. The number of carbonyl (C=O) groups is 1. The lowest BCUT2D eigenvalue weighted by molar-refractivity contribution is -0.135. The first-order valence-corrected chi connectivity index (χ1v) is 10.7. The molecule has 1 N–H and O–H groups in total. The number of ether oxygens (including phenoxy) is 2. The summed E-state index contributed by atoms with van der Waals surface area (Å²) in [7, 11) is 3.16. The molecule has 170 valence electrons. The lowest BCUT2D eigenvalue weighted by atomic mass is 9.97. The molecule has 0 bridgehead atoms. The summed E-state index contributed by atoms with van der Waals surface area (Å²) in [5.41, 5.74) is 6.52. The Kier molecular flexibility index (Phi) is 5.47. The minimum Gasteiger partial charge on any atom is -0.497 e. The Balaban J connectivity index is 1.30. The van der Waals surface area contributed by atoms with E-state index in [1.165, 1.54) is 11.1 Å². The fourth-order valence-corrected chi connectivity index (χ4v) is 4.31. The largest absolute Gasteiger partial charge is 0.497 e. The minimum absolute atomic E-state index is 0.0112. The zero-order valence-electron chi connectivity index (χ0n) is 18.7. The maximum atomic E-state index is 13.2. The summed E-state index contributed by atoms with van der Waals surface area (Å²) >= 11 is 0. The van der Waals surface area contributed by atoms with Crippen LogP contribution in [-0.2, 0) is 11.3 Å². The predicted octanol–water partition coefficient (Wildman–Crippen LogP) is 3.20. The highest BCUT2D eigenvalue weighted by atomic mass is 16.5. The van der Waals surface area contributed by atoms with E-state index in [0.717, 1.165) is 0 Å². The second-order valence-corrected chi connectivity index (χ2v) is 8.04. The van der Waals surface area contributed by atoms with Crippen LogP contribution in [0.4, 0.5) is 0 Å². The third-order valence-corrected chi connectivity index (χ3v) is 6.06. The molecule has 0 spiro atoms. The van der Waals surface area contributed by atoms with Gasteiger partial charge in [0.05, 0.1) is 25.8 Å². The second kappa shape index (κ2) is 8.59. The van der Waals surface area contributed by atoms with Crippen LogP contribution < -0.4 is 14.9 Å². The standard InChI is InChI=1S/C24H25N5O4/c1-15-6-4-5-7-17(15)19-13-20-24(30)28(10-11-29(20)26-19)14-22-25-23(27-33-22)18-9-8-16(31-2)12-21(18)32-3/h4-12,19-20,26H,13-14H2,1-3H3. The van der Waals surface area contributed by atoms with Crippen LogP contribution in [0.15, 0.2) is 59.4 Å². The molecule has 2 aliphatic heterocycles. The van der Waals surface area contributed by atoms with E-state index in [0.29, 0.717) is 35.2 Å². The molecule has 1 aromatic heterocycles. The molecular formula is C24H25N5O4. The number of methoxy groups -OCH3 is 2. The zero-order chi connectivity index (χ0) is 22.9.